The lowest BCUT2D eigenvalue weighted by Crippen LogP contribution is -2.45. The number of carbonyl (C=O) groups is 4. The van der Waals surface area contributed by atoms with Crippen molar-refractivity contribution < 1.29 is 41.8 Å². The van der Waals surface area contributed by atoms with E-state index >= 15 is 0 Å². The van der Waals surface area contributed by atoms with Gasteiger partial charge < -0.3 is 24.8 Å². The van der Waals surface area contributed by atoms with Gasteiger partial charge in [-0.3, -0.25) is 9.59 Å². The fourth-order valence-corrected chi connectivity index (χ4v) is 5.37. The summed E-state index contributed by atoms with van der Waals surface area (Å²) in [6.07, 6.45) is 5.90. The Morgan fingerprint density at radius 2 is 1.28 bits per heavy atom. The van der Waals surface area contributed by atoms with Gasteiger partial charge >= 0.3 is 11.9 Å². The van der Waals surface area contributed by atoms with Crippen LogP contribution in [-0.2, 0) is 43.4 Å². The molecule has 1 heterocycles. The minimum absolute atomic E-state index is 0.0257. The summed E-state index contributed by atoms with van der Waals surface area (Å²) in [5, 5.41) is 5.14. The summed E-state index contributed by atoms with van der Waals surface area (Å²) in [5.41, 5.74) is 0.888. The van der Waals surface area contributed by atoms with Crippen molar-refractivity contribution in [2.45, 2.75) is 76.6 Å². The predicted molar refractivity (Wildman–Crippen MR) is 159 cm³/mol. The third-order valence-electron chi connectivity index (χ3n) is 6.90. The number of hydrogen-bond donors (Lipinski definition) is 3. The Morgan fingerprint density at radius 3 is 1.79 bits per heavy atom. The van der Waals surface area contributed by atoms with Crippen LogP contribution in [0.15, 0.2) is 53.5 Å². The molecule has 0 saturated carbocycles. The molecule has 1 aromatic carbocycles. The van der Waals surface area contributed by atoms with Gasteiger partial charge in [-0.15, -0.1) is 0 Å². The maximum absolute atomic E-state index is 13.1. The van der Waals surface area contributed by atoms with E-state index in [4.69, 9.17) is 14.2 Å². The number of amides is 2. The first-order chi connectivity index (χ1) is 20.2. The van der Waals surface area contributed by atoms with Crippen LogP contribution in [0.3, 0.4) is 0 Å². The summed E-state index contributed by atoms with van der Waals surface area (Å²) < 4.78 is 45.0. The fourth-order valence-electron chi connectivity index (χ4n) is 4.05. The zero-order valence-electron chi connectivity index (χ0n) is 25.5. The van der Waals surface area contributed by atoms with E-state index in [0.29, 0.717) is 0 Å². The van der Waals surface area contributed by atoms with Gasteiger partial charge in [0.2, 0.25) is 21.8 Å². The summed E-state index contributed by atoms with van der Waals surface area (Å²) in [6.45, 7) is 7.94. The highest BCUT2D eigenvalue weighted by Crippen LogP contribution is 2.15. The normalized spacial score (nSPS) is 29.1. The average Bonchev–Trinajstić information content (AvgIpc) is 2.94. The lowest BCUT2D eigenvalue weighted by molar-refractivity contribution is -0.151. The summed E-state index contributed by atoms with van der Waals surface area (Å²) >= 11 is 0. The van der Waals surface area contributed by atoms with Crippen LogP contribution in [0.25, 0.3) is 0 Å². The highest BCUT2D eigenvalue weighted by atomic mass is 32.2. The molecule has 1 aromatic rings. The van der Waals surface area contributed by atoms with Gasteiger partial charge in [0.1, 0.15) is 25.3 Å². The zero-order chi connectivity index (χ0) is 32.2. The van der Waals surface area contributed by atoms with Crippen molar-refractivity contribution in [3.8, 4) is 0 Å². The molecule has 0 spiro atoms. The molecule has 0 aliphatic carbocycles. The van der Waals surface area contributed by atoms with Crippen LogP contribution in [0.2, 0.25) is 0 Å². The number of nitrogens with one attached hydrogen (secondary N) is 3. The Labute approximate surface area is 253 Å². The predicted octanol–water partition coefficient (Wildman–Crippen LogP) is 1.93. The fraction of sp³-hybridized carbons (Fsp3) is 0.533. The molecule has 238 valence electrons. The number of cyclic esters (lactones) is 2. The molecule has 6 atom stereocenters. The van der Waals surface area contributed by atoms with Gasteiger partial charge in [-0.2, -0.15) is 0 Å². The lowest BCUT2D eigenvalue weighted by Gasteiger charge is -2.24. The molecular formula is C30H43N3O9S. The molecule has 3 N–H and O–H groups in total. The van der Waals surface area contributed by atoms with Gasteiger partial charge in [0.25, 0.3) is 0 Å². The monoisotopic (exact) mass is 621 g/mol. The van der Waals surface area contributed by atoms with Gasteiger partial charge in [0.05, 0.1) is 17.0 Å². The van der Waals surface area contributed by atoms with Crippen molar-refractivity contribution in [3.05, 3.63) is 54.1 Å². The van der Waals surface area contributed by atoms with Gasteiger partial charge in [-0.1, -0.05) is 55.8 Å². The largest absolute Gasteiger partial charge is 0.462 e. The van der Waals surface area contributed by atoms with E-state index in [1.54, 1.807) is 37.3 Å². The molecule has 0 unspecified atom stereocenters. The average molecular weight is 622 g/mol. The van der Waals surface area contributed by atoms with Crippen LogP contribution in [0.1, 0.15) is 46.1 Å². The van der Waals surface area contributed by atoms with Gasteiger partial charge in [-0.05, 0) is 38.8 Å². The van der Waals surface area contributed by atoms with Crippen LogP contribution >= 0.6 is 0 Å². The van der Waals surface area contributed by atoms with Crippen LogP contribution in [0, 0.1) is 18.8 Å². The molecule has 0 bridgehead atoms. The first-order valence-corrected chi connectivity index (χ1v) is 15.6. The molecular weight excluding hydrogens is 578 g/mol. The number of rotatable bonds is 4. The van der Waals surface area contributed by atoms with Crippen molar-refractivity contribution in [2.75, 3.05) is 20.3 Å². The Hall–Kier alpha value is -3.55. The van der Waals surface area contributed by atoms with Crippen LogP contribution in [-0.4, -0.2) is 76.7 Å². The number of aryl methyl sites for hydroxylation is 1. The second-order valence-corrected chi connectivity index (χ2v) is 12.4. The third kappa shape index (κ3) is 11.9. The van der Waals surface area contributed by atoms with E-state index in [1.165, 1.54) is 39.2 Å². The Kier molecular flexibility index (Phi) is 14.0. The van der Waals surface area contributed by atoms with Crippen molar-refractivity contribution in [3.63, 3.8) is 0 Å². The molecule has 0 aromatic heterocycles. The van der Waals surface area contributed by atoms with Crippen molar-refractivity contribution in [1.82, 2.24) is 15.4 Å². The molecule has 12 nitrogen and oxygen atoms in total. The molecule has 2 rings (SSSR count). The maximum Gasteiger partial charge on any atom is 0.328 e. The molecule has 0 fully saturated rings. The van der Waals surface area contributed by atoms with Gasteiger partial charge in [-0.25, -0.2) is 22.7 Å². The van der Waals surface area contributed by atoms with Gasteiger partial charge in [0.15, 0.2) is 0 Å². The molecule has 0 saturated heterocycles. The van der Waals surface area contributed by atoms with E-state index < -0.39 is 63.9 Å². The smallest absolute Gasteiger partial charge is 0.328 e. The topological polar surface area (TPSA) is 166 Å². The number of hydrogen-bond acceptors (Lipinski definition) is 9. The molecule has 0 radical (unpaired) electrons. The molecule has 2 amide bonds. The van der Waals surface area contributed by atoms with Crippen LogP contribution in [0.5, 0.6) is 0 Å². The Bertz CT molecular complexity index is 1280. The SMILES string of the molecule is CO[C@@H]1COC(=O)[C@@H](C)NC(=O)C/C=C\[C@@H](C)[C@H](NS(=O)(=O)c2ccc(C)cc2)COC(=O)[C@H](C)NC(=O)C/C=C\[C@H]1C. The molecule has 43 heavy (non-hydrogen) atoms. The molecule has 1 aliphatic heterocycles. The first kappa shape index (κ1) is 35.6. The van der Waals surface area contributed by atoms with Gasteiger partial charge in [0, 0.05) is 25.9 Å². The number of esters is 2. The highest BCUT2D eigenvalue weighted by molar-refractivity contribution is 7.89. The quantitative estimate of drug-likeness (QED) is 0.336. The molecule has 13 heteroatoms. The Balaban J connectivity index is 2.27. The van der Waals surface area contributed by atoms with Crippen LogP contribution < -0.4 is 15.4 Å². The zero-order valence-corrected chi connectivity index (χ0v) is 26.3. The minimum atomic E-state index is -3.99. The highest BCUT2D eigenvalue weighted by Gasteiger charge is 2.27. The first-order valence-electron chi connectivity index (χ1n) is 14.1. The van der Waals surface area contributed by atoms with E-state index in [1.807, 2.05) is 13.8 Å². The summed E-state index contributed by atoms with van der Waals surface area (Å²) in [6, 6.07) is 3.47. The number of methoxy groups -OCH3 is 1. The number of benzene rings is 1. The minimum Gasteiger partial charge on any atom is -0.462 e. The number of carbonyl (C=O) groups excluding carboxylic acids is 4. The van der Waals surface area contributed by atoms with E-state index in [9.17, 15) is 27.6 Å². The third-order valence-corrected chi connectivity index (χ3v) is 8.41. The van der Waals surface area contributed by atoms with E-state index in [-0.39, 0.29) is 36.9 Å². The second-order valence-electron chi connectivity index (χ2n) is 10.6. The van der Waals surface area contributed by atoms with E-state index in [2.05, 4.69) is 15.4 Å². The second kappa shape index (κ2) is 16.9. The number of sulfonamides is 1. The number of ether oxygens (including phenoxy) is 3. The Morgan fingerprint density at radius 1 is 0.791 bits per heavy atom. The maximum atomic E-state index is 13.1. The van der Waals surface area contributed by atoms with Crippen molar-refractivity contribution >= 4 is 33.8 Å². The van der Waals surface area contributed by atoms with Crippen LogP contribution in [0.4, 0.5) is 0 Å². The summed E-state index contributed by atoms with van der Waals surface area (Å²) in [4.78, 5) is 50.1. The molecule has 1 aliphatic rings. The van der Waals surface area contributed by atoms with Crippen molar-refractivity contribution in [2.24, 2.45) is 11.8 Å². The standard InChI is InChI=1S/C30H43N3O9S/c1-19-13-15-24(16-14-19)43(38,39)33-25-17-41-29(36)22(4)31-28(35)12-8-10-21(3)26(40-6)18-42-30(37)23(5)32-27(34)11-7-9-20(25)2/h7-10,13-16,20-23,25-26,33H,11-12,17-18H2,1-6H3,(H,31,35)(H,32,34)/b9-7-,10-8-/t20-,21-,22+,23-,25-,26-/m1/s1. The summed E-state index contributed by atoms with van der Waals surface area (Å²) in [7, 11) is -2.51. The van der Waals surface area contributed by atoms with Crippen molar-refractivity contribution in [1.29, 1.82) is 0 Å². The summed E-state index contributed by atoms with van der Waals surface area (Å²) in [5.74, 6) is -2.98. The lowest BCUT2D eigenvalue weighted by atomic mass is 10.0. The van der Waals surface area contributed by atoms with E-state index in [0.717, 1.165) is 5.56 Å².